The monoisotopic (exact) mass is 394 g/mol. The molecule has 1 fully saturated rings. The van der Waals surface area contributed by atoms with Crippen molar-refractivity contribution < 1.29 is 14.3 Å². The summed E-state index contributed by atoms with van der Waals surface area (Å²) >= 11 is 0. The number of carbonyl (C=O) groups is 1. The van der Waals surface area contributed by atoms with E-state index in [2.05, 4.69) is 9.97 Å². The molecule has 1 aliphatic rings. The maximum absolute atomic E-state index is 15.0. The molecule has 0 spiro atoms. The van der Waals surface area contributed by atoms with Crippen LogP contribution in [-0.2, 0) is 6.54 Å². The Morgan fingerprint density at radius 2 is 1.97 bits per heavy atom. The molecule has 1 saturated heterocycles. The van der Waals surface area contributed by atoms with Crippen molar-refractivity contribution in [2.75, 3.05) is 19.7 Å². The molecule has 2 aromatic heterocycles. The van der Waals surface area contributed by atoms with Gasteiger partial charge in [-0.15, -0.1) is 0 Å². The van der Waals surface area contributed by atoms with Gasteiger partial charge >= 0.3 is 0 Å². The number of carbonyl (C=O) groups excluding carboxylic acids is 1. The molecule has 0 atom stereocenters. The van der Waals surface area contributed by atoms with E-state index in [0.29, 0.717) is 41.2 Å². The third-order valence-corrected chi connectivity index (χ3v) is 5.19. The fourth-order valence-corrected chi connectivity index (χ4v) is 3.72. The molecule has 3 aromatic rings. The first-order valence-electron chi connectivity index (χ1n) is 9.85. The van der Waals surface area contributed by atoms with Gasteiger partial charge in [-0.05, 0) is 43.5 Å². The zero-order valence-corrected chi connectivity index (χ0v) is 16.1. The molecule has 7 heteroatoms. The van der Waals surface area contributed by atoms with E-state index in [4.69, 9.17) is 5.11 Å². The van der Waals surface area contributed by atoms with E-state index in [1.807, 2.05) is 9.47 Å². The number of hydrogen-bond acceptors (Lipinski definition) is 4. The zero-order chi connectivity index (χ0) is 20.2. The molecule has 29 heavy (non-hydrogen) atoms. The number of rotatable bonds is 6. The number of pyridine rings is 1. The molecule has 1 amide bonds. The molecule has 0 aliphatic carbocycles. The number of aliphatic hydroxyl groups excluding tert-OH is 1. The summed E-state index contributed by atoms with van der Waals surface area (Å²) in [6.45, 7) is 2.11. The lowest BCUT2D eigenvalue weighted by molar-refractivity contribution is 0.0793. The highest BCUT2D eigenvalue weighted by Crippen LogP contribution is 2.29. The van der Waals surface area contributed by atoms with Crippen molar-refractivity contribution in [3.63, 3.8) is 0 Å². The van der Waals surface area contributed by atoms with E-state index < -0.39 is 5.82 Å². The summed E-state index contributed by atoms with van der Waals surface area (Å²) in [5, 5.41) is 9.05. The smallest absolute Gasteiger partial charge is 0.256 e. The third kappa shape index (κ3) is 3.91. The minimum absolute atomic E-state index is 0.0605. The predicted octanol–water partition coefficient (Wildman–Crippen LogP) is 3.37. The van der Waals surface area contributed by atoms with Crippen LogP contribution in [0.5, 0.6) is 0 Å². The minimum atomic E-state index is -0.427. The van der Waals surface area contributed by atoms with E-state index in [-0.39, 0.29) is 12.5 Å². The van der Waals surface area contributed by atoms with Crippen LogP contribution in [0.1, 0.15) is 29.6 Å². The van der Waals surface area contributed by atoms with E-state index in [1.54, 1.807) is 42.9 Å². The van der Waals surface area contributed by atoms with Crippen LogP contribution < -0.4 is 0 Å². The maximum atomic E-state index is 15.0. The molecular formula is C22H23FN4O2. The Bertz CT molecular complexity index is 1010. The predicted molar refractivity (Wildman–Crippen MR) is 108 cm³/mol. The largest absolute Gasteiger partial charge is 0.396 e. The molecule has 0 saturated carbocycles. The van der Waals surface area contributed by atoms with Crippen LogP contribution in [0.3, 0.4) is 0 Å². The molecule has 1 aliphatic heterocycles. The molecule has 0 radical (unpaired) electrons. The Kier molecular flexibility index (Phi) is 5.67. The number of halogens is 1. The number of benzene rings is 1. The maximum Gasteiger partial charge on any atom is 0.256 e. The van der Waals surface area contributed by atoms with E-state index in [9.17, 15) is 4.79 Å². The first-order valence-corrected chi connectivity index (χ1v) is 9.85. The summed E-state index contributed by atoms with van der Waals surface area (Å²) < 4.78 is 16.8. The lowest BCUT2D eigenvalue weighted by Gasteiger charge is -2.17. The van der Waals surface area contributed by atoms with Gasteiger partial charge in [0, 0.05) is 50.4 Å². The fraction of sp³-hybridized carbons (Fsp3) is 0.318. The van der Waals surface area contributed by atoms with Crippen molar-refractivity contribution in [1.82, 2.24) is 19.4 Å². The van der Waals surface area contributed by atoms with Crippen molar-refractivity contribution in [1.29, 1.82) is 0 Å². The minimum Gasteiger partial charge on any atom is -0.396 e. The van der Waals surface area contributed by atoms with Crippen molar-refractivity contribution >= 4 is 5.91 Å². The highest BCUT2D eigenvalue weighted by atomic mass is 19.1. The Hall–Kier alpha value is -3.06. The summed E-state index contributed by atoms with van der Waals surface area (Å²) in [6.07, 6.45) is 7.58. The number of imidazole rings is 1. The van der Waals surface area contributed by atoms with Gasteiger partial charge in [0.15, 0.2) is 0 Å². The van der Waals surface area contributed by atoms with Crippen LogP contribution in [0.15, 0.2) is 48.9 Å². The van der Waals surface area contributed by atoms with Crippen molar-refractivity contribution in [3.8, 4) is 22.6 Å². The number of nitrogens with zero attached hydrogens (tertiary/aromatic N) is 4. The van der Waals surface area contributed by atoms with Gasteiger partial charge in [0.1, 0.15) is 11.6 Å². The van der Waals surface area contributed by atoms with Gasteiger partial charge in [-0.3, -0.25) is 9.78 Å². The van der Waals surface area contributed by atoms with Crippen molar-refractivity contribution in [2.24, 2.45) is 0 Å². The highest BCUT2D eigenvalue weighted by molar-refractivity contribution is 6.00. The van der Waals surface area contributed by atoms with E-state index in [0.717, 1.165) is 25.9 Å². The van der Waals surface area contributed by atoms with E-state index in [1.165, 1.54) is 6.07 Å². The lowest BCUT2D eigenvalue weighted by Crippen LogP contribution is -2.28. The van der Waals surface area contributed by atoms with Gasteiger partial charge in [0.25, 0.3) is 5.91 Å². The number of aliphatic hydroxyl groups is 1. The number of aromatic nitrogens is 3. The van der Waals surface area contributed by atoms with Gasteiger partial charge in [-0.1, -0.05) is 6.07 Å². The SMILES string of the molecule is O=C(c1cccnc1-c1ccc(-c2nccn2CCCO)c(F)c1)N1CCCC1. The van der Waals surface area contributed by atoms with Crippen LogP contribution >= 0.6 is 0 Å². The van der Waals surface area contributed by atoms with Crippen LogP contribution in [0.25, 0.3) is 22.6 Å². The normalized spacial score (nSPS) is 13.8. The standard InChI is InChI=1S/C22H23FN4O2/c23-19-15-16(6-7-17(19)21-25-9-13-26(21)12-4-14-28)20-18(5-3-8-24-20)22(29)27-10-1-2-11-27/h3,5-9,13,15,28H,1-2,4,10-12,14H2. The number of hydrogen-bond donors (Lipinski definition) is 1. The Balaban J connectivity index is 1.67. The Morgan fingerprint density at radius 1 is 1.14 bits per heavy atom. The molecule has 1 N–H and O–H groups in total. The second kappa shape index (κ2) is 8.53. The number of amides is 1. The van der Waals surface area contributed by atoms with Crippen LogP contribution in [-0.4, -0.2) is 50.1 Å². The first-order chi connectivity index (χ1) is 14.2. The fourth-order valence-electron chi connectivity index (χ4n) is 3.72. The Labute approximate surface area is 168 Å². The van der Waals surface area contributed by atoms with Gasteiger partial charge < -0.3 is 14.6 Å². The molecule has 0 bridgehead atoms. The zero-order valence-electron chi connectivity index (χ0n) is 16.1. The number of aryl methyl sites for hydroxylation is 1. The topological polar surface area (TPSA) is 71.2 Å². The summed E-state index contributed by atoms with van der Waals surface area (Å²) in [7, 11) is 0. The average Bonchev–Trinajstić information content (AvgIpc) is 3.44. The van der Waals surface area contributed by atoms with Crippen LogP contribution in [0, 0.1) is 5.82 Å². The second-order valence-corrected chi connectivity index (χ2v) is 7.11. The molecule has 3 heterocycles. The quantitative estimate of drug-likeness (QED) is 0.696. The molecule has 150 valence electrons. The summed E-state index contributed by atoms with van der Waals surface area (Å²) in [4.78, 5) is 23.3. The summed E-state index contributed by atoms with van der Waals surface area (Å²) in [5.74, 6) is 0.0238. The molecule has 6 nitrogen and oxygen atoms in total. The molecule has 0 unspecified atom stereocenters. The summed E-state index contributed by atoms with van der Waals surface area (Å²) in [6, 6.07) is 8.32. The Morgan fingerprint density at radius 3 is 2.72 bits per heavy atom. The highest BCUT2D eigenvalue weighted by Gasteiger charge is 2.23. The van der Waals surface area contributed by atoms with Crippen molar-refractivity contribution in [3.05, 3.63) is 60.3 Å². The average molecular weight is 394 g/mol. The van der Waals surface area contributed by atoms with Crippen molar-refractivity contribution in [2.45, 2.75) is 25.8 Å². The second-order valence-electron chi connectivity index (χ2n) is 7.11. The van der Waals surface area contributed by atoms with Gasteiger partial charge in [-0.25, -0.2) is 9.37 Å². The summed E-state index contributed by atoms with van der Waals surface area (Å²) in [5.41, 5.74) is 1.91. The molecular weight excluding hydrogens is 371 g/mol. The third-order valence-electron chi connectivity index (χ3n) is 5.19. The van der Waals surface area contributed by atoms with Gasteiger partial charge in [0.2, 0.25) is 0 Å². The van der Waals surface area contributed by atoms with Gasteiger partial charge in [-0.2, -0.15) is 0 Å². The van der Waals surface area contributed by atoms with Crippen LogP contribution in [0.4, 0.5) is 4.39 Å². The molecule has 4 rings (SSSR count). The lowest BCUT2D eigenvalue weighted by atomic mass is 10.0. The van der Waals surface area contributed by atoms with Gasteiger partial charge in [0.05, 0.1) is 16.8 Å². The van der Waals surface area contributed by atoms with E-state index >= 15 is 4.39 Å². The molecule has 1 aromatic carbocycles. The van der Waals surface area contributed by atoms with Crippen LogP contribution in [0.2, 0.25) is 0 Å². The number of likely N-dealkylation sites (tertiary alicyclic amines) is 1. The first kappa shape index (κ1) is 19.3.